The molecule has 0 aromatic rings. The van der Waals surface area contributed by atoms with Gasteiger partial charge in [-0.15, -0.1) is 0 Å². The van der Waals surface area contributed by atoms with Crippen molar-refractivity contribution in [2.75, 3.05) is 51.4 Å². The van der Waals surface area contributed by atoms with Crippen LogP contribution in [-0.4, -0.2) is 62.2 Å². The molecule has 1 saturated heterocycles. The Bertz CT molecular complexity index is 221. The molecule has 0 unspecified atom stereocenters. The molecule has 0 bridgehead atoms. The summed E-state index contributed by atoms with van der Waals surface area (Å²) in [6.45, 7) is 4.28. The van der Waals surface area contributed by atoms with E-state index in [2.05, 4.69) is 11.6 Å². The first-order valence-corrected chi connectivity index (χ1v) is 8.29. The number of ether oxygens (including phenoxy) is 1. The zero-order valence-electron chi connectivity index (χ0n) is 11.5. The van der Waals surface area contributed by atoms with Crippen LogP contribution in [0.4, 0.5) is 0 Å². The van der Waals surface area contributed by atoms with Crippen molar-refractivity contribution < 1.29 is 9.53 Å². The van der Waals surface area contributed by atoms with Crippen molar-refractivity contribution in [3.8, 4) is 0 Å². The Balaban J connectivity index is 1.89. The summed E-state index contributed by atoms with van der Waals surface area (Å²) in [5.74, 6) is 1.48. The SMILES string of the molecule is CSCCCCCCNCC(=O)N1CCOCC1. The molecule has 4 nitrogen and oxygen atoms in total. The smallest absolute Gasteiger partial charge is 0.236 e. The number of thioether (sulfide) groups is 1. The van der Waals surface area contributed by atoms with Crippen molar-refractivity contribution in [2.45, 2.75) is 25.7 Å². The molecule has 0 atom stereocenters. The maximum atomic E-state index is 11.8. The van der Waals surface area contributed by atoms with Crippen LogP contribution in [0.5, 0.6) is 0 Å². The average Bonchev–Trinajstić information content (AvgIpc) is 2.42. The van der Waals surface area contributed by atoms with Gasteiger partial charge in [0, 0.05) is 13.1 Å². The third kappa shape index (κ3) is 7.24. The normalized spacial score (nSPS) is 15.9. The van der Waals surface area contributed by atoms with Gasteiger partial charge in [-0.3, -0.25) is 4.79 Å². The lowest BCUT2D eigenvalue weighted by Gasteiger charge is -2.26. The molecule has 1 aliphatic rings. The number of carbonyl (C=O) groups is 1. The van der Waals surface area contributed by atoms with Crippen LogP contribution in [-0.2, 0) is 9.53 Å². The van der Waals surface area contributed by atoms with Crippen LogP contribution in [0.25, 0.3) is 0 Å². The van der Waals surface area contributed by atoms with E-state index in [0.29, 0.717) is 19.8 Å². The van der Waals surface area contributed by atoms with Crippen LogP contribution in [0.3, 0.4) is 0 Å². The first-order valence-electron chi connectivity index (χ1n) is 6.90. The molecule has 18 heavy (non-hydrogen) atoms. The molecule has 1 aliphatic heterocycles. The van der Waals surface area contributed by atoms with E-state index in [1.165, 1.54) is 31.4 Å². The average molecular weight is 274 g/mol. The summed E-state index contributed by atoms with van der Waals surface area (Å²) in [6, 6.07) is 0. The Labute approximate surface area is 115 Å². The number of nitrogens with one attached hydrogen (secondary N) is 1. The van der Waals surface area contributed by atoms with E-state index in [1.807, 2.05) is 16.7 Å². The van der Waals surface area contributed by atoms with Gasteiger partial charge in [-0.25, -0.2) is 0 Å². The molecular formula is C13H26N2O2S. The molecule has 1 amide bonds. The fourth-order valence-electron chi connectivity index (χ4n) is 1.97. The number of nitrogens with zero attached hydrogens (tertiary/aromatic N) is 1. The number of hydrogen-bond acceptors (Lipinski definition) is 4. The predicted molar refractivity (Wildman–Crippen MR) is 77.1 cm³/mol. The summed E-state index contributed by atoms with van der Waals surface area (Å²) >= 11 is 1.91. The number of rotatable bonds is 9. The molecule has 0 aromatic carbocycles. The Hall–Kier alpha value is -0.260. The van der Waals surface area contributed by atoms with Gasteiger partial charge in [0.05, 0.1) is 19.8 Å². The quantitative estimate of drug-likeness (QED) is 0.645. The monoisotopic (exact) mass is 274 g/mol. The highest BCUT2D eigenvalue weighted by Gasteiger charge is 2.15. The number of amides is 1. The molecule has 1 N–H and O–H groups in total. The van der Waals surface area contributed by atoms with Crippen molar-refractivity contribution in [3.05, 3.63) is 0 Å². The van der Waals surface area contributed by atoms with Crippen molar-refractivity contribution in [3.63, 3.8) is 0 Å². The zero-order valence-corrected chi connectivity index (χ0v) is 12.3. The first kappa shape index (κ1) is 15.8. The first-order chi connectivity index (χ1) is 8.84. The summed E-state index contributed by atoms with van der Waals surface area (Å²) < 4.78 is 5.22. The minimum Gasteiger partial charge on any atom is -0.378 e. The van der Waals surface area contributed by atoms with Gasteiger partial charge < -0.3 is 15.0 Å². The van der Waals surface area contributed by atoms with Crippen molar-refractivity contribution in [1.29, 1.82) is 0 Å². The third-order valence-corrected chi connectivity index (χ3v) is 3.79. The molecule has 0 saturated carbocycles. The van der Waals surface area contributed by atoms with Crippen LogP contribution in [0, 0.1) is 0 Å². The van der Waals surface area contributed by atoms with Gasteiger partial charge in [0.1, 0.15) is 0 Å². The van der Waals surface area contributed by atoms with E-state index in [0.717, 1.165) is 19.6 Å². The van der Waals surface area contributed by atoms with Crippen molar-refractivity contribution >= 4 is 17.7 Å². The molecule has 0 radical (unpaired) electrons. The van der Waals surface area contributed by atoms with Gasteiger partial charge in [0.25, 0.3) is 0 Å². The molecule has 106 valence electrons. The van der Waals surface area contributed by atoms with E-state index < -0.39 is 0 Å². The lowest BCUT2D eigenvalue weighted by Crippen LogP contribution is -2.44. The summed E-state index contributed by atoms with van der Waals surface area (Å²) in [4.78, 5) is 13.7. The largest absolute Gasteiger partial charge is 0.378 e. The van der Waals surface area contributed by atoms with Crippen LogP contribution in [0.15, 0.2) is 0 Å². The van der Waals surface area contributed by atoms with E-state index in [-0.39, 0.29) is 5.91 Å². The number of morpholine rings is 1. The van der Waals surface area contributed by atoms with Gasteiger partial charge in [0.15, 0.2) is 0 Å². The van der Waals surface area contributed by atoms with Crippen LogP contribution < -0.4 is 5.32 Å². The summed E-state index contributed by atoms with van der Waals surface area (Å²) in [7, 11) is 0. The summed E-state index contributed by atoms with van der Waals surface area (Å²) in [5, 5.41) is 3.24. The lowest BCUT2D eigenvalue weighted by atomic mass is 10.2. The van der Waals surface area contributed by atoms with Crippen LogP contribution >= 0.6 is 11.8 Å². The lowest BCUT2D eigenvalue weighted by molar-refractivity contribution is -0.134. The molecule has 1 rings (SSSR count). The summed E-state index contributed by atoms with van der Waals surface area (Å²) in [5.41, 5.74) is 0. The Morgan fingerprint density at radius 2 is 1.94 bits per heavy atom. The second-order valence-corrected chi connectivity index (χ2v) is 5.56. The van der Waals surface area contributed by atoms with Gasteiger partial charge in [-0.1, -0.05) is 12.8 Å². The van der Waals surface area contributed by atoms with Crippen LogP contribution in [0.2, 0.25) is 0 Å². The van der Waals surface area contributed by atoms with Gasteiger partial charge in [-0.2, -0.15) is 11.8 Å². The number of unbranched alkanes of at least 4 members (excludes halogenated alkanes) is 3. The van der Waals surface area contributed by atoms with Crippen LogP contribution in [0.1, 0.15) is 25.7 Å². The second-order valence-electron chi connectivity index (χ2n) is 4.58. The zero-order chi connectivity index (χ0) is 13.1. The Morgan fingerprint density at radius 1 is 1.22 bits per heavy atom. The molecule has 0 spiro atoms. The fourth-order valence-corrected chi connectivity index (χ4v) is 2.46. The minimum absolute atomic E-state index is 0.209. The standard InChI is InChI=1S/C13H26N2O2S/c1-18-11-5-3-2-4-6-14-12-13(16)15-7-9-17-10-8-15/h14H,2-12H2,1H3. The van der Waals surface area contributed by atoms with E-state index in [4.69, 9.17) is 4.74 Å². The topological polar surface area (TPSA) is 41.6 Å². The minimum atomic E-state index is 0.209. The predicted octanol–water partition coefficient (Wildman–Crippen LogP) is 1.36. The molecule has 1 heterocycles. The molecular weight excluding hydrogens is 248 g/mol. The number of carbonyl (C=O) groups excluding carboxylic acids is 1. The Morgan fingerprint density at radius 3 is 2.67 bits per heavy atom. The van der Waals surface area contributed by atoms with Crippen molar-refractivity contribution in [1.82, 2.24) is 10.2 Å². The third-order valence-electron chi connectivity index (χ3n) is 3.09. The highest BCUT2D eigenvalue weighted by Crippen LogP contribution is 2.03. The summed E-state index contributed by atoms with van der Waals surface area (Å²) in [6.07, 6.45) is 7.21. The van der Waals surface area contributed by atoms with Gasteiger partial charge in [-0.05, 0) is 31.4 Å². The molecule has 1 fully saturated rings. The molecule has 0 aliphatic carbocycles. The van der Waals surface area contributed by atoms with E-state index >= 15 is 0 Å². The van der Waals surface area contributed by atoms with Gasteiger partial charge in [0.2, 0.25) is 5.91 Å². The fraction of sp³-hybridized carbons (Fsp3) is 0.923. The van der Waals surface area contributed by atoms with E-state index in [1.54, 1.807) is 0 Å². The van der Waals surface area contributed by atoms with Gasteiger partial charge >= 0.3 is 0 Å². The highest BCUT2D eigenvalue weighted by molar-refractivity contribution is 7.98. The van der Waals surface area contributed by atoms with E-state index in [9.17, 15) is 4.79 Å². The Kier molecular flexibility index (Phi) is 9.34. The molecule has 5 heteroatoms. The maximum absolute atomic E-state index is 11.8. The maximum Gasteiger partial charge on any atom is 0.236 e. The highest BCUT2D eigenvalue weighted by atomic mass is 32.2. The molecule has 0 aromatic heterocycles. The second kappa shape index (κ2) is 10.6. The number of hydrogen-bond donors (Lipinski definition) is 1. The van der Waals surface area contributed by atoms with Crippen molar-refractivity contribution in [2.24, 2.45) is 0 Å².